The summed E-state index contributed by atoms with van der Waals surface area (Å²) in [6, 6.07) is 11.7. The maximum absolute atomic E-state index is 13.6. The molecule has 226 valence electrons. The zero-order valence-electron chi connectivity index (χ0n) is 23.3. The Morgan fingerprint density at radius 1 is 0.902 bits per heavy atom. The second kappa shape index (κ2) is 13.6. The molecular formula is C28H37Cl2N3O6S2. The van der Waals surface area contributed by atoms with Gasteiger partial charge in [-0.2, -0.15) is 0 Å². The minimum atomic E-state index is -3.27. The van der Waals surface area contributed by atoms with Crippen LogP contribution in [-0.4, -0.2) is 89.8 Å². The number of hydrogen-bond acceptors (Lipinski definition) is 7. The largest absolute Gasteiger partial charge is 0.490 e. The number of likely N-dealkylation sites (tertiary alicyclic amines) is 1. The van der Waals surface area contributed by atoms with Crippen LogP contribution in [0.15, 0.2) is 47.4 Å². The summed E-state index contributed by atoms with van der Waals surface area (Å²) in [7, 11) is -6.51. The van der Waals surface area contributed by atoms with Gasteiger partial charge in [0.05, 0.1) is 21.2 Å². The van der Waals surface area contributed by atoms with Gasteiger partial charge in [0.15, 0.2) is 9.84 Å². The van der Waals surface area contributed by atoms with Crippen molar-refractivity contribution < 1.29 is 26.4 Å². The highest BCUT2D eigenvalue weighted by Crippen LogP contribution is 2.30. The lowest BCUT2D eigenvalue weighted by molar-refractivity contribution is -0.123. The first-order chi connectivity index (χ1) is 19.3. The lowest BCUT2D eigenvalue weighted by Gasteiger charge is -2.34. The maximum Gasteiger partial charge on any atom is 0.230 e. The molecule has 2 saturated heterocycles. The molecule has 0 spiro atoms. The Bertz CT molecular complexity index is 1420. The molecule has 2 heterocycles. The molecule has 1 amide bonds. The number of carbonyl (C=O) groups excluding carboxylic acids is 1. The number of rotatable bonds is 10. The zero-order chi connectivity index (χ0) is 29.8. The van der Waals surface area contributed by atoms with Crippen molar-refractivity contribution in [2.75, 3.05) is 56.7 Å². The average molecular weight is 647 g/mol. The smallest absolute Gasteiger partial charge is 0.230 e. The third-order valence-electron chi connectivity index (χ3n) is 7.70. The minimum Gasteiger partial charge on any atom is -0.490 e. The molecule has 9 nitrogen and oxygen atoms in total. The second-order valence-electron chi connectivity index (χ2n) is 10.8. The highest BCUT2D eigenvalue weighted by atomic mass is 35.5. The van der Waals surface area contributed by atoms with E-state index in [4.69, 9.17) is 27.9 Å². The molecule has 0 radical (unpaired) electrons. The third kappa shape index (κ3) is 8.81. The number of anilines is 1. The van der Waals surface area contributed by atoms with Crippen LogP contribution in [-0.2, 0) is 24.7 Å². The standard InChI is InChI=1S/C28H37Cl2N3O6S2/c1-40(35,36)25-7-5-23(6-8-25)39-24-12-16-31(17-13-24)14-3-15-33(22-4-9-26(29)27(30)20-22)28(34)21-10-18-32(19-11-21)41(2,37)38/h4-9,20-21,24H,3,10-19H2,1-2H3. The highest BCUT2D eigenvalue weighted by Gasteiger charge is 2.32. The van der Waals surface area contributed by atoms with Crippen LogP contribution in [0.3, 0.4) is 0 Å². The van der Waals surface area contributed by atoms with Gasteiger partial charge in [-0.1, -0.05) is 23.2 Å². The summed E-state index contributed by atoms with van der Waals surface area (Å²) < 4.78 is 54.7. The van der Waals surface area contributed by atoms with Crippen molar-refractivity contribution in [1.82, 2.24) is 9.21 Å². The molecule has 2 aliphatic rings. The maximum atomic E-state index is 13.6. The summed E-state index contributed by atoms with van der Waals surface area (Å²) in [5.74, 6) is 0.376. The van der Waals surface area contributed by atoms with Crippen LogP contribution < -0.4 is 9.64 Å². The molecule has 0 aliphatic carbocycles. The first kappa shape index (κ1) is 32.0. The Morgan fingerprint density at radius 3 is 2.10 bits per heavy atom. The van der Waals surface area contributed by atoms with Crippen molar-refractivity contribution in [3.05, 3.63) is 52.5 Å². The monoisotopic (exact) mass is 645 g/mol. The second-order valence-corrected chi connectivity index (χ2v) is 15.6. The van der Waals surface area contributed by atoms with Crippen molar-refractivity contribution in [2.45, 2.75) is 43.1 Å². The molecule has 4 rings (SSSR count). The molecule has 0 aromatic heterocycles. The van der Waals surface area contributed by atoms with Gasteiger partial charge in [0.1, 0.15) is 11.9 Å². The van der Waals surface area contributed by atoms with E-state index in [1.165, 1.54) is 16.8 Å². The molecule has 0 saturated carbocycles. The lowest BCUT2D eigenvalue weighted by atomic mass is 9.96. The Kier molecular flexibility index (Phi) is 10.6. The summed E-state index contributed by atoms with van der Waals surface area (Å²) in [4.78, 5) is 18.0. The van der Waals surface area contributed by atoms with E-state index >= 15 is 0 Å². The average Bonchev–Trinajstić information content (AvgIpc) is 2.93. The number of sulfone groups is 1. The van der Waals surface area contributed by atoms with Gasteiger partial charge in [0.25, 0.3) is 0 Å². The van der Waals surface area contributed by atoms with Crippen LogP contribution in [0.2, 0.25) is 10.0 Å². The first-order valence-corrected chi connectivity index (χ1v) is 18.2. The van der Waals surface area contributed by atoms with Crippen LogP contribution in [0.5, 0.6) is 5.75 Å². The molecule has 2 aromatic carbocycles. The number of halogens is 2. The SMILES string of the molecule is CS(=O)(=O)c1ccc(OC2CCN(CCCN(C(=O)C3CCN(S(C)(=O)=O)CC3)c3ccc(Cl)c(Cl)c3)CC2)cc1. The fraction of sp³-hybridized carbons (Fsp3) is 0.536. The van der Waals surface area contributed by atoms with Gasteiger partial charge in [-0.05, 0) is 81.1 Å². The number of benzene rings is 2. The van der Waals surface area contributed by atoms with E-state index in [1.807, 2.05) is 0 Å². The molecule has 0 atom stereocenters. The summed E-state index contributed by atoms with van der Waals surface area (Å²) in [6.07, 6.45) is 5.86. The number of carbonyl (C=O) groups is 1. The van der Waals surface area contributed by atoms with Gasteiger partial charge in [-0.15, -0.1) is 0 Å². The minimum absolute atomic E-state index is 0.0226. The number of sulfonamides is 1. The summed E-state index contributed by atoms with van der Waals surface area (Å²) in [5, 5.41) is 0.794. The Hall–Kier alpha value is -1.89. The summed E-state index contributed by atoms with van der Waals surface area (Å²) in [5.41, 5.74) is 0.684. The summed E-state index contributed by atoms with van der Waals surface area (Å²) in [6.45, 7) is 3.71. The summed E-state index contributed by atoms with van der Waals surface area (Å²) >= 11 is 12.4. The topological polar surface area (TPSA) is 104 Å². The quantitative estimate of drug-likeness (QED) is 0.379. The zero-order valence-corrected chi connectivity index (χ0v) is 26.5. The Balaban J connectivity index is 1.30. The highest BCUT2D eigenvalue weighted by molar-refractivity contribution is 7.90. The van der Waals surface area contributed by atoms with Crippen molar-refractivity contribution in [1.29, 1.82) is 0 Å². The molecule has 0 bridgehead atoms. The number of nitrogens with zero attached hydrogens (tertiary/aromatic N) is 3. The normalized spacial score (nSPS) is 18.3. The van der Waals surface area contributed by atoms with E-state index in [1.54, 1.807) is 47.4 Å². The predicted octanol–water partition coefficient (Wildman–Crippen LogP) is 4.34. The van der Waals surface area contributed by atoms with E-state index < -0.39 is 19.9 Å². The molecule has 2 aliphatic heterocycles. The van der Waals surface area contributed by atoms with Crippen molar-refractivity contribution >= 4 is 54.7 Å². The van der Waals surface area contributed by atoms with Crippen LogP contribution in [0, 0.1) is 5.92 Å². The number of amides is 1. The third-order valence-corrected chi connectivity index (χ3v) is 10.9. The Morgan fingerprint density at radius 2 is 1.54 bits per heavy atom. The Labute approximate surface area is 253 Å². The molecule has 0 unspecified atom stereocenters. The van der Waals surface area contributed by atoms with Crippen LogP contribution >= 0.6 is 23.2 Å². The van der Waals surface area contributed by atoms with Crippen molar-refractivity contribution in [3.63, 3.8) is 0 Å². The fourth-order valence-electron chi connectivity index (χ4n) is 5.34. The van der Waals surface area contributed by atoms with E-state index in [-0.39, 0.29) is 22.8 Å². The van der Waals surface area contributed by atoms with E-state index in [2.05, 4.69) is 4.90 Å². The van der Waals surface area contributed by atoms with Gasteiger partial charge in [0.2, 0.25) is 15.9 Å². The fourth-order valence-corrected chi connectivity index (χ4v) is 7.13. The van der Waals surface area contributed by atoms with Crippen molar-refractivity contribution in [2.24, 2.45) is 5.92 Å². The molecular weight excluding hydrogens is 609 g/mol. The van der Waals surface area contributed by atoms with Crippen molar-refractivity contribution in [3.8, 4) is 5.75 Å². The van der Waals surface area contributed by atoms with Gasteiger partial charge in [-0.25, -0.2) is 21.1 Å². The van der Waals surface area contributed by atoms with E-state index in [0.717, 1.165) is 38.9 Å². The van der Waals surface area contributed by atoms with E-state index in [0.29, 0.717) is 54.0 Å². The number of piperidine rings is 2. The molecule has 41 heavy (non-hydrogen) atoms. The van der Waals surface area contributed by atoms with Gasteiger partial charge in [0, 0.05) is 50.6 Å². The van der Waals surface area contributed by atoms with Crippen LogP contribution in [0.1, 0.15) is 32.1 Å². The molecule has 0 N–H and O–H groups in total. The first-order valence-electron chi connectivity index (χ1n) is 13.7. The number of hydrogen-bond donors (Lipinski definition) is 0. The van der Waals surface area contributed by atoms with Crippen LogP contribution in [0.25, 0.3) is 0 Å². The molecule has 2 fully saturated rings. The van der Waals surface area contributed by atoms with Gasteiger partial charge in [-0.3, -0.25) is 4.79 Å². The molecule has 13 heteroatoms. The van der Waals surface area contributed by atoms with E-state index in [9.17, 15) is 21.6 Å². The van der Waals surface area contributed by atoms with Gasteiger partial charge < -0.3 is 14.5 Å². The predicted molar refractivity (Wildman–Crippen MR) is 162 cm³/mol. The molecule has 2 aromatic rings. The van der Waals surface area contributed by atoms with Crippen LogP contribution in [0.4, 0.5) is 5.69 Å². The number of ether oxygens (including phenoxy) is 1. The lowest BCUT2D eigenvalue weighted by Crippen LogP contribution is -2.45. The van der Waals surface area contributed by atoms with Gasteiger partial charge >= 0.3 is 0 Å².